The lowest BCUT2D eigenvalue weighted by molar-refractivity contribution is -0.141. The molecule has 1 heterocycles. The molecule has 118 valence electrons. The third-order valence-electron chi connectivity index (χ3n) is 3.04. The molecule has 1 atom stereocenters. The van der Waals surface area contributed by atoms with E-state index in [-0.39, 0.29) is 4.90 Å². The van der Waals surface area contributed by atoms with Gasteiger partial charge in [-0.25, -0.2) is 17.2 Å². The van der Waals surface area contributed by atoms with Gasteiger partial charge in [-0.1, -0.05) is 6.07 Å². The Kier molecular flexibility index (Phi) is 4.59. The Labute approximate surface area is 129 Å². The lowest BCUT2D eigenvalue weighted by atomic mass is 10.1. The molecule has 1 aromatic heterocycles. The molecule has 0 fully saturated rings. The van der Waals surface area contributed by atoms with Crippen LogP contribution in [0.1, 0.15) is 11.6 Å². The van der Waals surface area contributed by atoms with Crippen LogP contribution in [0.3, 0.4) is 0 Å². The van der Waals surface area contributed by atoms with Crippen molar-refractivity contribution >= 4 is 27.3 Å². The van der Waals surface area contributed by atoms with Gasteiger partial charge in [0.2, 0.25) is 10.0 Å². The summed E-state index contributed by atoms with van der Waals surface area (Å²) < 4.78 is 52.8. The smallest absolute Gasteiger partial charge is 0.326 e. The highest BCUT2D eigenvalue weighted by atomic mass is 32.2. The van der Waals surface area contributed by atoms with E-state index >= 15 is 0 Å². The van der Waals surface area contributed by atoms with E-state index < -0.39 is 39.2 Å². The lowest BCUT2D eigenvalue weighted by Crippen LogP contribution is -2.36. The van der Waals surface area contributed by atoms with Crippen LogP contribution in [0.4, 0.5) is 8.78 Å². The minimum absolute atomic E-state index is 0.136. The highest BCUT2D eigenvalue weighted by molar-refractivity contribution is 7.89. The number of hydrogen-bond acceptors (Lipinski definition) is 4. The number of carbonyl (C=O) groups is 1. The van der Waals surface area contributed by atoms with Crippen LogP contribution in [-0.2, 0) is 14.8 Å². The van der Waals surface area contributed by atoms with Crippen LogP contribution in [0.15, 0.2) is 39.9 Å². The molecule has 0 saturated carbocycles. The number of nitrogens with zero attached hydrogens (tertiary/aromatic N) is 1. The molecule has 0 bridgehead atoms. The van der Waals surface area contributed by atoms with Crippen molar-refractivity contribution in [1.29, 1.82) is 0 Å². The van der Waals surface area contributed by atoms with Crippen molar-refractivity contribution in [1.82, 2.24) is 4.31 Å². The predicted molar refractivity (Wildman–Crippen MR) is 76.0 cm³/mol. The van der Waals surface area contributed by atoms with Gasteiger partial charge < -0.3 is 5.11 Å². The van der Waals surface area contributed by atoms with Gasteiger partial charge in [0.25, 0.3) is 0 Å². The molecule has 0 amide bonds. The Morgan fingerprint density at radius 3 is 2.32 bits per heavy atom. The molecule has 0 saturated heterocycles. The number of hydrogen-bond donors (Lipinski definition) is 1. The van der Waals surface area contributed by atoms with E-state index in [1.165, 1.54) is 16.8 Å². The summed E-state index contributed by atoms with van der Waals surface area (Å²) in [4.78, 5) is 11.3. The molecule has 0 aliphatic carbocycles. The molecule has 0 aliphatic rings. The normalized spacial score (nSPS) is 13.3. The third-order valence-corrected chi connectivity index (χ3v) is 5.69. The van der Waals surface area contributed by atoms with E-state index in [1.807, 2.05) is 0 Å². The second-order valence-electron chi connectivity index (χ2n) is 4.36. The number of carboxylic acids is 1. The Balaban J connectivity index is 2.57. The van der Waals surface area contributed by atoms with Crippen LogP contribution in [0.5, 0.6) is 0 Å². The highest BCUT2D eigenvalue weighted by Crippen LogP contribution is 2.30. The molecule has 1 unspecified atom stereocenters. The maximum atomic E-state index is 13.8. The van der Waals surface area contributed by atoms with Crippen LogP contribution >= 0.6 is 11.3 Å². The number of likely N-dealkylation sites (N-methyl/N-ethyl adjacent to an activating group) is 1. The van der Waals surface area contributed by atoms with Crippen LogP contribution in [-0.4, -0.2) is 30.8 Å². The van der Waals surface area contributed by atoms with Gasteiger partial charge in [0.15, 0.2) is 6.04 Å². The van der Waals surface area contributed by atoms with Crippen molar-refractivity contribution in [3.63, 3.8) is 0 Å². The van der Waals surface area contributed by atoms with Gasteiger partial charge in [-0.3, -0.25) is 4.79 Å². The van der Waals surface area contributed by atoms with E-state index in [1.54, 1.807) is 0 Å². The second-order valence-corrected chi connectivity index (χ2v) is 7.13. The SMILES string of the molecule is CN(C(C(=O)O)c1c(F)cccc1F)S(=O)(=O)c1ccsc1. The molecular weight excluding hydrogens is 336 g/mol. The van der Waals surface area contributed by atoms with Crippen molar-refractivity contribution in [2.24, 2.45) is 0 Å². The van der Waals surface area contributed by atoms with E-state index in [9.17, 15) is 27.1 Å². The molecule has 2 aromatic rings. The molecule has 0 radical (unpaired) electrons. The van der Waals surface area contributed by atoms with Crippen LogP contribution in [0.25, 0.3) is 0 Å². The Hall–Kier alpha value is -1.84. The first-order valence-electron chi connectivity index (χ1n) is 5.93. The highest BCUT2D eigenvalue weighted by Gasteiger charge is 2.37. The number of thiophene rings is 1. The molecule has 2 rings (SSSR count). The molecule has 1 aromatic carbocycles. The first-order valence-corrected chi connectivity index (χ1v) is 8.32. The maximum Gasteiger partial charge on any atom is 0.326 e. The van der Waals surface area contributed by atoms with Crippen molar-refractivity contribution < 1.29 is 27.1 Å². The van der Waals surface area contributed by atoms with Crippen LogP contribution in [0, 0.1) is 11.6 Å². The van der Waals surface area contributed by atoms with E-state index in [0.29, 0.717) is 4.31 Å². The number of aliphatic carboxylic acids is 1. The number of sulfonamides is 1. The van der Waals surface area contributed by atoms with Crippen molar-refractivity contribution in [3.8, 4) is 0 Å². The summed E-state index contributed by atoms with van der Waals surface area (Å²) in [5, 5.41) is 12.1. The summed E-state index contributed by atoms with van der Waals surface area (Å²) in [5.41, 5.74) is -0.823. The average molecular weight is 347 g/mol. The standard InChI is InChI=1S/C13H11F2NO4S2/c1-16(22(19,20)8-5-6-21-7-8)12(13(17)18)11-9(14)3-2-4-10(11)15/h2-7,12H,1H3,(H,17,18). The monoisotopic (exact) mass is 347 g/mol. The third kappa shape index (κ3) is 2.87. The average Bonchev–Trinajstić information content (AvgIpc) is 2.96. The summed E-state index contributed by atoms with van der Waals surface area (Å²) in [6.45, 7) is 0. The van der Waals surface area contributed by atoms with Gasteiger partial charge in [0.1, 0.15) is 11.6 Å². The van der Waals surface area contributed by atoms with E-state index in [4.69, 9.17) is 0 Å². The zero-order chi connectivity index (χ0) is 16.5. The maximum absolute atomic E-state index is 13.8. The van der Waals surface area contributed by atoms with E-state index in [2.05, 4.69) is 0 Å². The summed E-state index contributed by atoms with van der Waals surface area (Å²) in [6, 6.07) is 2.10. The fourth-order valence-electron chi connectivity index (χ4n) is 1.94. The molecule has 0 aliphatic heterocycles. The summed E-state index contributed by atoms with van der Waals surface area (Å²) in [7, 11) is -3.22. The number of benzene rings is 1. The Morgan fingerprint density at radius 2 is 1.86 bits per heavy atom. The molecule has 0 spiro atoms. The van der Waals surface area contributed by atoms with Crippen molar-refractivity contribution in [2.45, 2.75) is 10.9 Å². The van der Waals surface area contributed by atoms with Crippen LogP contribution in [0.2, 0.25) is 0 Å². The minimum Gasteiger partial charge on any atom is -0.480 e. The van der Waals surface area contributed by atoms with Gasteiger partial charge in [-0.05, 0) is 23.6 Å². The fraction of sp³-hybridized carbons (Fsp3) is 0.154. The zero-order valence-corrected chi connectivity index (χ0v) is 12.9. The Morgan fingerprint density at radius 1 is 1.27 bits per heavy atom. The number of carboxylic acid groups (broad SMARTS) is 1. The molecule has 22 heavy (non-hydrogen) atoms. The summed E-state index contributed by atoms with van der Waals surface area (Å²) >= 11 is 1.10. The second kappa shape index (κ2) is 6.11. The molecule has 5 nitrogen and oxygen atoms in total. The van der Waals surface area contributed by atoms with Gasteiger partial charge in [0.05, 0.1) is 10.5 Å². The largest absolute Gasteiger partial charge is 0.480 e. The number of rotatable bonds is 5. The van der Waals surface area contributed by atoms with Gasteiger partial charge in [0, 0.05) is 12.4 Å². The van der Waals surface area contributed by atoms with Gasteiger partial charge >= 0.3 is 5.97 Å². The Bertz CT molecular complexity index is 770. The fourth-order valence-corrected chi connectivity index (χ4v) is 4.24. The lowest BCUT2D eigenvalue weighted by Gasteiger charge is -2.24. The minimum atomic E-state index is -4.19. The van der Waals surface area contributed by atoms with Crippen molar-refractivity contribution in [3.05, 3.63) is 52.2 Å². The molecule has 9 heteroatoms. The molecular formula is C13H11F2NO4S2. The quantitative estimate of drug-likeness (QED) is 0.902. The first-order chi connectivity index (χ1) is 10.3. The topological polar surface area (TPSA) is 74.7 Å². The predicted octanol–water partition coefficient (Wildman–Crippen LogP) is 2.47. The van der Waals surface area contributed by atoms with E-state index in [0.717, 1.165) is 36.6 Å². The molecule has 1 N–H and O–H groups in total. The van der Waals surface area contributed by atoms with Crippen LogP contribution < -0.4 is 0 Å². The van der Waals surface area contributed by atoms with Crippen molar-refractivity contribution in [2.75, 3.05) is 7.05 Å². The van der Waals surface area contributed by atoms with Gasteiger partial charge in [-0.15, -0.1) is 0 Å². The number of halogens is 2. The summed E-state index contributed by atoms with van der Waals surface area (Å²) in [6.07, 6.45) is 0. The summed E-state index contributed by atoms with van der Waals surface area (Å²) in [5.74, 6) is -3.93. The zero-order valence-electron chi connectivity index (χ0n) is 11.2. The van der Waals surface area contributed by atoms with Gasteiger partial charge in [-0.2, -0.15) is 15.6 Å². The first kappa shape index (κ1) is 16.5.